The predicted molar refractivity (Wildman–Crippen MR) is 90.4 cm³/mol. The number of methoxy groups -OCH3 is 1. The summed E-state index contributed by atoms with van der Waals surface area (Å²) in [6.07, 6.45) is 0.401. The highest BCUT2D eigenvalue weighted by Crippen LogP contribution is 2.08. The van der Waals surface area contributed by atoms with E-state index in [1.165, 1.54) is 7.11 Å². The summed E-state index contributed by atoms with van der Waals surface area (Å²) in [4.78, 5) is 27.8. The molecule has 1 aliphatic heterocycles. The number of hydrogen-bond acceptors (Lipinski definition) is 4. The van der Waals surface area contributed by atoms with Gasteiger partial charge in [-0.2, -0.15) is 0 Å². The van der Waals surface area contributed by atoms with E-state index >= 15 is 0 Å². The largest absolute Gasteiger partial charge is 0.383 e. The van der Waals surface area contributed by atoms with Gasteiger partial charge >= 0.3 is 0 Å². The molecule has 1 aliphatic rings. The van der Waals surface area contributed by atoms with Gasteiger partial charge in [0.15, 0.2) is 0 Å². The van der Waals surface area contributed by atoms with Gasteiger partial charge in [-0.25, -0.2) is 0 Å². The molecule has 2 amide bonds. The Hall–Kier alpha value is -1.63. The number of hydrogen-bond donors (Lipinski definition) is 1. The maximum absolute atomic E-state index is 12.3. The summed E-state index contributed by atoms with van der Waals surface area (Å²) >= 11 is 0. The SMILES string of the molecule is COCC(N)C(=O)N1CCN(C(=O)Cc2ccccc2)CC1.Cl. The quantitative estimate of drug-likeness (QED) is 0.835. The summed E-state index contributed by atoms with van der Waals surface area (Å²) in [6.45, 7) is 2.37. The van der Waals surface area contributed by atoms with Crippen LogP contribution in [-0.2, 0) is 20.7 Å². The van der Waals surface area contributed by atoms with E-state index in [0.717, 1.165) is 5.56 Å². The van der Waals surface area contributed by atoms with Crippen molar-refractivity contribution in [3.63, 3.8) is 0 Å². The van der Waals surface area contributed by atoms with Crippen LogP contribution in [-0.4, -0.2) is 67.6 Å². The smallest absolute Gasteiger partial charge is 0.241 e. The fourth-order valence-electron chi connectivity index (χ4n) is 2.54. The maximum Gasteiger partial charge on any atom is 0.241 e. The highest BCUT2D eigenvalue weighted by molar-refractivity contribution is 5.85. The van der Waals surface area contributed by atoms with Crippen molar-refractivity contribution < 1.29 is 14.3 Å². The Kier molecular flexibility index (Phi) is 8.02. The minimum atomic E-state index is -0.628. The molecule has 0 saturated carbocycles. The number of amides is 2. The van der Waals surface area contributed by atoms with Crippen LogP contribution in [0.2, 0.25) is 0 Å². The van der Waals surface area contributed by atoms with Gasteiger partial charge in [0.25, 0.3) is 0 Å². The van der Waals surface area contributed by atoms with Crippen LogP contribution in [0.3, 0.4) is 0 Å². The number of piperazine rings is 1. The van der Waals surface area contributed by atoms with Crippen molar-refractivity contribution in [1.29, 1.82) is 0 Å². The summed E-state index contributed by atoms with van der Waals surface area (Å²) in [6, 6.07) is 9.05. The first-order chi connectivity index (χ1) is 10.6. The van der Waals surface area contributed by atoms with Crippen molar-refractivity contribution in [3.05, 3.63) is 35.9 Å². The number of carbonyl (C=O) groups is 2. The van der Waals surface area contributed by atoms with Crippen LogP contribution in [0, 0.1) is 0 Å². The van der Waals surface area contributed by atoms with Gasteiger partial charge in [-0.15, -0.1) is 12.4 Å². The van der Waals surface area contributed by atoms with E-state index < -0.39 is 6.04 Å². The second-order valence-corrected chi connectivity index (χ2v) is 5.43. The second kappa shape index (κ2) is 9.50. The van der Waals surface area contributed by atoms with Crippen molar-refractivity contribution in [2.45, 2.75) is 12.5 Å². The van der Waals surface area contributed by atoms with Gasteiger partial charge in [-0.1, -0.05) is 30.3 Å². The Morgan fingerprint density at radius 3 is 2.26 bits per heavy atom. The fourth-order valence-corrected chi connectivity index (χ4v) is 2.54. The normalized spacial score (nSPS) is 15.7. The lowest BCUT2D eigenvalue weighted by Crippen LogP contribution is -2.55. The first kappa shape index (κ1) is 19.4. The Morgan fingerprint density at radius 2 is 1.70 bits per heavy atom. The molecule has 1 unspecified atom stereocenters. The Morgan fingerprint density at radius 1 is 1.13 bits per heavy atom. The molecule has 23 heavy (non-hydrogen) atoms. The van der Waals surface area contributed by atoms with Crippen LogP contribution in [0.1, 0.15) is 5.56 Å². The number of benzene rings is 1. The van der Waals surface area contributed by atoms with E-state index in [2.05, 4.69) is 0 Å². The van der Waals surface area contributed by atoms with Gasteiger partial charge < -0.3 is 20.3 Å². The topological polar surface area (TPSA) is 75.9 Å². The highest BCUT2D eigenvalue weighted by atomic mass is 35.5. The molecular formula is C16H24ClN3O3. The van der Waals surface area contributed by atoms with Gasteiger partial charge in [0.05, 0.1) is 13.0 Å². The molecule has 128 valence electrons. The van der Waals surface area contributed by atoms with Crippen LogP contribution in [0.4, 0.5) is 0 Å². The van der Waals surface area contributed by atoms with E-state index in [4.69, 9.17) is 10.5 Å². The van der Waals surface area contributed by atoms with Crippen molar-refractivity contribution >= 4 is 24.2 Å². The third-order valence-corrected chi connectivity index (χ3v) is 3.81. The molecule has 0 spiro atoms. The molecule has 1 aromatic carbocycles. The second-order valence-electron chi connectivity index (χ2n) is 5.43. The van der Waals surface area contributed by atoms with E-state index in [-0.39, 0.29) is 30.8 Å². The van der Waals surface area contributed by atoms with Gasteiger partial charge in [0.2, 0.25) is 11.8 Å². The van der Waals surface area contributed by atoms with Crippen molar-refractivity contribution in [2.24, 2.45) is 5.73 Å². The lowest BCUT2D eigenvalue weighted by molar-refractivity contribution is -0.140. The average Bonchev–Trinajstić information content (AvgIpc) is 2.55. The summed E-state index contributed by atoms with van der Waals surface area (Å²) < 4.78 is 4.90. The highest BCUT2D eigenvalue weighted by Gasteiger charge is 2.27. The van der Waals surface area contributed by atoms with Gasteiger partial charge in [0.1, 0.15) is 6.04 Å². The van der Waals surface area contributed by atoms with E-state index in [0.29, 0.717) is 32.6 Å². The van der Waals surface area contributed by atoms with E-state index in [1.54, 1.807) is 9.80 Å². The van der Waals surface area contributed by atoms with Crippen LogP contribution in [0.5, 0.6) is 0 Å². The lowest BCUT2D eigenvalue weighted by Gasteiger charge is -2.35. The minimum absolute atomic E-state index is 0. The molecule has 1 fully saturated rings. The van der Waals surface area contributed by atoms with Gasteiger partial charge in [0, 0.05) is 33.3 Å². The number of rotatable bonds is 5. The van der Waals surface area contributed by atoms with Crippen molar-refractivity contribution in [3.8, 4) is 0 Å². The van der Waals surface area contributed by atoms with Gasteiger partial charge in [-0.05, 0) is 5.56 Å². The number of carbonyl (C=O) groups excluding carboxylic acids is 2. The number of nitrogens with two attached hydrogens (primary N) is 1. The molecule has 1 atom stereocenters. The zero-order valence-electron chi connectivity index (χ0n) is 13.3. The van der Waals surface area contributed by atoms with Crippen molar-refractivity contribution in [2.75, 3.05) is 39.9 Å². The van der Waals surface area contributed by atoms with Crippen LogP contribution < -0.4 is 5.73 Å². The monoisotopic (exact) mass is 341 g/mol. The van der Waals surface area contributed by atoms with Crippen LogP contribution in [0.25, 0.3) is 0 Å². The molecule has 0 aromatic heterocycles. The molecule has 0 aliphatic carbocycles. The maximum atomic E-state index is 12.3. The van der Waals surface area contributed by atoms with Crippen LogP contribution in [0.15, 0.2) is 30.3 Å². The Bertz CT molecular complexity index is 505. The molecule has 7 heteroatoms. The summed E-state index contributed by atoms with van der Waals surface area (Å²) in [5.41, 5.74) is 6.77. The molecule has 1 saturated heterocycles. The number of ether oxygens (including phenoxy) is 1. The summed E-state index contributed by atoms with van der Waals surface area (Å²) in [5.74, 6) is -0.0171. The van der Waals surface area contributed by atoms with Gasteiger partial charge in [-0.3, -0.25) is 9.59 Å². The summed E-state index contributed by atoms with van der Waals surface area (Å²) in [5, 5.41) is 0. The molecular weight excluding hydrogens is 318 g/mol. The summed E-state index contributed by atoms with van der Waals surface area (Å²) in [7, 11) is 1.52. The average molecular weight is 342 g/mol. The number of halogens is 1. The molecule has 0 radical (unpaired) electrons. The van der Waals surface area contributed by atoms with Crippen molar-refractivity contribution in [1.82, 2.24) is 9.80 Å². The number of nitrogens with zero attached hydrogens (tertiary/aromatic N) is 2. The zero-order chi connectivity index (χ0) is 15.9. The molecule has 0 bridgehead atoms. The molecule has 1 heterocycles. The zero-order valence-corrected chi connectivity index (χ0v) is 14.1. The molecule has 1 aromatic rings. The molecule has 2 rings (SSSR count). The third kappa shape index (κ3) is 5.49. The first-order valence-electron chi connectivity index (χ1n) is 7.47. The van der Waals surface area contributed by atoms with E-state index in [1.807, 2.05) is 30.3 Å². The Labute approximate surface area is 143 Å². The molecule has 2 N–H and O–H groups in total. The first-order valence-corrected chi connectivity index (χ1v) is 7.47. The minimum Gasteiger partial charge on any atom is -0.383 e. The predicted octanol–water partition coefficient (Wildman–Crippen LogP) is 0.295. The lowest BCUT2D eigenvalue weighted by atomic mass is 10.1. The Balaban J connectivity index is 0.00000264. The van der Waals surface area contributed by atoms with Crippen LogP contribution >= 0.6 is 12.4 Å². The third-order valence-electron chi connectivity index (χ3n) is 3.81. The standard InChI is InChI=1S/C16H23N3O3.ClH/c1-22-12-14(17)16(21)19-9-7-18(8-10-19)15(20)11-13-5-3-2-4-6-13;/h2-6,14H,7-12,17H2,1H3;1H. The molecule has 6 nitrogen and oxygen atoms in total. The van der Waals surface area contributed by atoms with E-state index in [9.17, 15) is 9.59 Å². The fraction of sp³-hybridized carbons (Fsp3) is 0.500.